The summed E-state index contributed by atoms with van der Waals surface area (Å²) in [5.74, 6) is -0.866. The van der Waals surface area contributed by atoms with Crippen LogP contribution in [-0.2, 0) is 16.0 Å². The fourth-order valence-corrected chi connectivity index (χ4v) is 3.22. The number of aliphatic carboxylic acids is 1. The second kappa shape index (κ2) is 7.72. The van der Waals surface area contributed by atoms with Crippen LogP contribution in [0.5, 0.6) is 0 Å². The van der Waals surface area contributed by atoms with Crippen LogP contribution in [0.1, 0.15) is 31.2 Å². The van der Waals surface area contributed by atoms with Gasteiger partial charge in [-0.1, -0.05) is 6.07 Å². The van der Waals surface area contributed by atoms with Crippen LogP contribution in [0.25, 0.3) is 0 Å². The predicted molar refractivity (Wildman–Crippen MR) is 84.0 cm³/mol. The molecule has 1 aromatic rings. The number of carboxylic acid groups (broad SMARTS) is 1. The third kappa shape index (κ3) is 4.80. The van der Waals surface area contributed by atoms with Crippen LogP contribution in [0.2, 0.25) is 0 Å². The summed E-state index contributed by atoms with van der Waals surface area (Å²) in [5.41, 5.74) is 0.769. The van der Waals surface area contributed by atoms with Crippen molar-refractivity contribution in [2.75, 3.05) is 13.1 Å². The minimum absolute atomic E-state index is 0.0125. The number of carbonyl (C=O) groups excluding carboxylic acids is 1. The lowest BCUT2D eigenvalue weighted by Crippen LogP contribution is -2.40. The first kappa shape index (κ1) is 16.9. The van der Waals surface area contributed by atoms with Crippen LogP contribution in [0.15, 0.2) is 22.7 Å². The summed E-state index contributed by atoms with van der Waals surface area (Å²) in [6, 6.07) is 4.58. The van der Waals surface area contributed by atoms with Crippen LogP contribution >= 0.6 is 15.9 Å². The van der Waals surface area contributed by atoms with Crippen molar-refractivity contribution in [1.82, 2.24) is 4.90 Å². The third-order valence-electron chi connectivity index (χ3n) is 3.98. The maximum absolute atomic E-state index is 13.2. The number of likely N-dealkylation sites (tertiary alicyclic amines) is 1. The molecule has 1 fully saturated rings. The molecule has 0 spiro atoms. The molecule has 1 aliphatic heterocycles. The van der Waals surface area contributed by atoms with Crippen molar-refractivity contribution >= 4 is 27.8 Å². The van der Waals surface area contributed by atoms with E-state index in [1.54, 1.807) is 17.0 Å². The molecule has 4 nitrogen and oxygen atoms in total. The highest BCUT2D eigenvalue weighted by atomic mass is 79.9. The van der Waals surface area contributed by atoms with Gasteiger partial charge in [-0.2, -0.15) is 0 Å². The van der Waals surface area contributed by atoms with Gasteiger partial charge in [0.15, 0.2) is 0 Å². The SMILES string of the molecule is O=C(O)CC[C@H]1CCCN(C(=O)Cc2ccc(F)c(Br)c2)C1. The van der Waals surface area contributed by atoms with Crippen LogP contribution in [0.4, 0.5) is 4.39 Å². The van der Waals surface area contributed by atoms with Gasteiger partial charge >= 0.3 is 5.97 Å². The Kier molecular flexibility index (Phi) is 5.94. The zero-order valence-electron chi connectivity index (χ0n) is 12.2. The van der Waals surface area contributed by atoms with Gasteiger partial charge in [0.1, 0.15) is 5.82 Å². The number of hydrogen-bond acceptors (Lipinski definition) is 2. The average Bonchev–Trinajstić information content (AvgIpc) is 2.49. The maximum Gasteiger partial charge on any atom is 0.303 e. The largest absolute Gasteiger partial charge is 0.481 e. The van der Waals surface area contributed by atoms with Gasteiger partial charge in [0.05, 0.1) is 10.9 Å². The number of carboxylic acids is 1. The Morgan fingerprint density at radius 1 is 1.41 bits per heavy atom. The lowest BCUT2D eigenvalue weighted by atomic mass is 9.93. The fraction of sp³-hybridized carbons (Fsp3) is 0.500. The number of amides is 1. The third-order valence-corrected chi connectivity index (χ3v) is 4.59. The topological polar surface area (TPSA) is 57.6 Å². The molecule has 22 heavy (non-hydrogen) atoms. The van der Waals surface area contributed by atoms with Crippen LogP contribution in [0, 0.1) is 11.7 Å². The van der Waals surface area contributed by atoms with E-state index in [0.717, 1.165) is 18.4 Å². The van der Waals surface area contributed by atoms with E-state index >= 15 is 0 Å². The Bertz CT molecular complexity index is 564. The predicted octanol–water partition coefficient (Wildman–Crippen LogP) is 3.23. The number of nitrogens with zero attached hydrogens (tertiary/aromatic N) is 1. The van der Waals surface area contributed by atoms with Gasteiger partial charge in [-0.05, 0) is 58.8 Å². The number of rotatable bonds is 5. The van der Waals surface area contributed by atoms with Gasteiger partial charge in [0.2, 0.25) is 5.91 Å². The summed E-state index contributed by atoms with van der Waals surface area (Å²) < 4.78 is 13.6. The second-order valence-electron chi connectivity index (χ2n) is 5.71. The van der Waals surface area contributed by atoms with Crippen molar-refractivity contribution in [2.24, 2.45) is 5.92 Å². The summed E-state index contributed by atoms with van der Waals surface area (Å²) in [5, 5.41) is 8.75. The van der Waals surface area contributed by atoms with Gasteiger partial charge in [-0.3, -0.25) is 9.59 Å². The van der Waals surface area contributed by atoms with E-state index in [4.69, 9.17) is 5.11 Å². The van der Waals surface area contributed by atoms with E-state index in [9.17, 15) is 14.0 Å². The van der Waals surface area contributed by atoms with E-state index in [1.807, 2.05) is 0 Å². The van der Waals surface area contributed by atoms with Crippen molar-refractivity contribution in [3.8, 4) is 0 Å². The van der Waals surface area contributed by atoms with Crippen LogP contribution in [-0.4, -0.2) is 35.0 Å². The van der Waals surface area contributed by atoms with E-state index < -0.39 is 5.97 Å². The van der Waals surface area contributed by atoms with Crippen LogP contribution < -0.4 is 0 Å². The monoisotopic (exact) mass is 371 g/mol. The van der Waals surface area contributed by atoms with Gasteiger partial charge < -0.3 is 10.0 Å². The smallest absolute Gasteiger partial charge is 0.303 e. The quantitative estimate of drug-likeness (QED) is 0.864. The second-order valence-corrected chi connectivity index (χ2v) is 6.56. The Morgan fingerprint density at radius 2 is 2.18 bits per heavy atom. The van der Waals surface area contributed by atoms with E-state index in [2.05, 4.69) is 15.9 Å². The van der Waals surface area contributed by atoms with Crippen molar-refractivity contribution in [3.05, 3.63) is 34.1 Å². The average molecular weight is 372 g/mol. The summed E-state index contributed by atoms with van der Waals surface area (Å²) in [6.45, 7) is 1.33. The molecule has 1 N–H and O–H groups in total. The molecule has 0 bridgehead atoms. The van der Waals surface area contributed by atoms with Crippen LogP contribution in [0.3, 0.4) is 0 Å². The zero-order chi connectivity index (χ0) is 16.1. The Labute approximate surface area is 137 Å². The van der Waals surface area contributed by atoms with E-state index in [1.165, 1.54) is 6.07 Å². The van der Waals surface area contributed by atoms with Gasteiger partial charge in [0, 0.05) is 19.5 Å². The molecule has 1 heterocycles. The minimum atomic E-state index is -0.792. The number of carbonyl (C=O) groups is 2. The molecule has 0 aromatic heterocycles. The van der Waals surface area contributed by atoms with E-state index in [0.29, 0.717) is 24.0 Å². The Hall–Kier alpha value is -1.43. The Morgan fingerprint density at radius 3 is 2.86 bits per heavy atom. The maximum atomic E-state index is 13.2. The number of hydrogen-bond donors (Lipinski definition) is 1. The summed E-state index contributed by atoms with van der Waals surface area (Å²) in [7, 11) is 0. The van der Waals surface area contributed by atoms with Gasteiger partial charge in [-0.15, -0.1) is 0 Å². The standard InChI is InChI=1S/C16H19BrFNO3/c17-13-8-12(3-5-14(13)18)9-15(20)19-7-1-2-11(10-19)4-6-16(21)22/h3,5,8,11H,1-2,4,6-7,9-10H2,(H,21,22)/t11-/m1/s1. The molecule has 0 radical (unpaired) electrons. The molecule has 1 aromatic carbocycles. The Balaban J connectivity index is 1.91. The lowest BCUT2D eigenvalue weighted by Gasteiger charge is -2.32. The molecule has 1 atom stereocenters. The lowest BCUT2D eigenvalue weighted by molar-refractivity contribution is -0.137. The molecule has 2 rings (SSSR count). The summed E-state index contributed by atoms with van der Waals surface area (Å²) in [4.78, 5) is 24.8. The first-order chi connectivity index (χ1) is 10.5. The number of benzene rings is 1. The van der Waals surface area contributed by atoms with Crippen molar-refractivity contribution in [3.63, 3.8) is 0 Å². The molecular weight excluding hydrogens is 353 g/mol. The van der Waals surface area contributed by atoms with Gasteiger partial charge in [0.25, 0.3) is 0 Å². The molecule has 1 saturated heterocycles. The minimum Gasteiger partial charge on any atom is -0.481 e. The highest BCUT2D eigenvalue weighted by Gasteiger charge is 2.24. The van der Waals surface area contributed by atoms with E-state index in [-0.39, 0.29) is 30.5 Å². The van der Waals surface area contributed by atoms with Gasteiger partial charge in [-0.25, -0.2) is 4.39 Å². The summed E-state index contributed by atoms with van der Waals surface area (Å²) in [6.07, 6.45) is 2.88. The molecule has 120 valence electrons. The van der Waals surface area contributed by atoms with Crippen molar-refractivity contribution in [1.29, 1.82) is 0 Å². The molecular formula is C16H19BrFNO3. The highest BCUT2D eigenvalue weighted by molar-refractivity contribution is 9.10. The molecule has 0 aliphatic carbocycles. The summed E-state index contributed by atoms with van der Waals surface area (Å²) >= 11 is 3.12. The van der Waals surface area contributed by atoms with Crippen molar-refractivity contribution < 1.29 is 19.1 Å². The first-order valence-corrected chi connectivity index (χ1v) is 8.18. The molecule has 0 unspecified atom stereocenters. The molecule has 1 amide bonds. The fourth-order valence-electron chi connectivity index (χ4n) is 2.79. The van der Waals surface area contributed by atoms with Crippen molar-refractivity contribution in [2.45, 2.75) is 32.1 Å². The molecule has 6 heteroatoms. The molecule has 1 aliphatic rings. The normalized spacial score (nSPS) is 18.3. The zero-order valence-corrected chi connectivity index (χ0v) is 13.8. The highest BCUT2D eigenvalue weighted by Crippen LogP contribution is 2.22. The molecule has 0 saturated carbocycles. The number of piperidine rings is 1. The number of halogens is 2. The first-order valence-electron chi connectivity index (χ1n) is 7.39.